The fraction of sp³-hybridized carbons (Fsp3) is 0.562. The van der Waals surface area contributed by atoms with E-state index in [2.05, 4.69) is 51.8 Å². The van der Waals surface area contributed by atoms with Crippen molar-refractivity contribution in [3.63, 3.8) is 0 Å². The first kappa shape index (κ1) is 16.3. The third-order valence-corrected chi connectivity index (χ3v) is 4.63. The maximum atomic E-state index is 5.37. The molecule has 0 spiro atoms. The summed E-state index contributed by atoms with van der Waals surface area (Å²) in [5.74, 6) is 1.05. The highest BCUT2D eigenvalue weighted by molar-refractivity contribution is 9.10. The Hall–Kier alpha value is -1.07. The van der Waals surface area contributed by atoms with Crippen molar-refractivity contribution in [1.29, 1.82) is 0 Å². The minimum absolute atomic E-state index is 0.437. The van der Waals surface area contributed by atoms with E-state index in [4.69, 9.17) is 4.42 Å². The summed E-state index contributed by atoms with van der Waals surface area (Å²) in [4.78, 5) is 0. The van der Waals surface area contributed by atoms with Crippen LogP contribution in [0.4, 0.5) is 0 Å². The number of aromatic nitrogens is 2. The van der Waals surface area contributed by atoms with Crippen molar-refractivity contribution in [3.05, 3.63) is 40.0 Å². The quantitative estimate of drug-likeness (QED) is 0.781. The van der Waals surface area contributed by atoms with Crippen LogP contribution in [-0.4, -0.2) is 15.8 Å². The van der Waals surface area contributed by atoms with Crippen LogP contribution < -0.4 is 5.32 Å². The zero-order valence-corrected chi connectivity index (χ0v) is 14.6. The number of rotatable bonds is 8. The van der Waals surface area contributed by atoms with Crippen molar-refractivity contribution < 1.29 is 4.42 Å². The molecule has 0 aliphatic carbocycles. The molecular weight excluding hydrogens is 330 g/mol. The molecule has 1 N–H and O–H groups in total. The molecule has 5 heteroatoms. The monoisotopic (exact) mass is 353 g/mol. The Bertz CT molecular complexity index is 548. The van der Waals surface area contributed by atoms with Gasteiger partial charge in [0.15, 0.2) is 0 Å². The lowest BCUT2D eigenvalue weighted by molar-refractivity contribution is 0.452. The second-order valence-electron chi connectivity index (χ2n) is 5.28. The molecule has 0 bridgehead atoms. The van der Waals surface area contributed by atoms with Crippen molar-refractivity contribution in [2.24, 2.45) is 0 Å². The van der Waals surface area contributed by atoms with E-state index in [-0.39, 0.29) is 0 Å². The van der Waals surface area contributed by atoms with Gasteiger partial charge < -0.3 is 9.73 Å². The molecule has 2 aromatic rings. The van der Waals surface area contributed by atoms with E-state index in [1.54, 1.807) is 6.26 Å². The summed E-state index contributed by atoms with van der Waals surface area (Å²) in [6, 6.07) is 4.41. The topological polar surface area (TPSA) is 43.0 Å². The first-order valence-electron chi connectivity index (χ1n) is 7.65. The number of aryl methyl sites for hydroxylation is 3. The number of furan rings is 1. The number of halogens is 1. The van der Waals surface area contributed by atoms with Crippen molar-refractivity contribution in [2.45, 2.75) is 59.2 Å². The van der Waals surface area contributed by atoms with Crippen molar-refractivity contribution in [2.75, 3.05) is 0 Å². The van der Waals surface area contributed by atoms with Crippen LogP contribution in [-0.2, 0) is 25.9 Å². The summed E-state index contributed by atoms with van der Waals surface area (Å²) < 4.78 is 8.60. The molecule has 4 nitrogen and oxygen atoms in total. The molecule has 2 rings (SSSR count). The van der Waals surface area contributed by atoms with E-state index >= 15 is 0 Å². The van der Waals surface area contributed by atoms with E-state index in [9.17, 15) is 0 Å². The van der Waals surface area contributed by atoms with Crippen LogP contribution in [0.5, 0.6) is 0 Å². The molecule has 116 valence electrons. The average Bonchev–Trinajstić information content (AvgIpc) is 3.10. The first-order chi connectivity index (χ1) is 10.2. The number of nitrogens with zero attached hydrogens (tertiary/aromatic N) is 2. The Morgan fingerprint density at radius 2 is 2.24 bits per heavy atom. The van der Waals surface area contributed by atoms with E-state index in [0.717, 1.165) is 48.3 Å². The highest BCUT2D eigenvalue weighted by Crippen LogP contribution is 2.22. The lowest BCUT2D eigenvalue weighted by Crippen LogP contribution is -2.27. The predicted octanol–water partition coefficient (Wildman–Crippen LogP) is 3.93. The second kappa shape index (κ2) is 7.80. The summed E-state index contributed by atoms with van der Waals surface area (Å²) in [5, 5.41) is 8.21. The zero-order valence-electron chi connectivity index (χ0n) is 13.0. The number of nitrogens with one attached hydrogen (secondary N) is 1. The molecule has 0 aliphatic heterocycles. The summed E-state index contributed by atoms with van der Waals surface area (Å²) >= 11 is 3.69. The highest BCUT2D eigenvalue weighted by atomic mass is 79.9. The van der Waals surface area contributed by atoms with Crippen molar-refractivity contribution in [1.82, 2.24) is 15.1 Å². The van der Waals surface area contributed by atoms with Crippen LogP contribution in [0.15, 0.2) is 27.3 Å². The third-order valence-electron chi connectivity index (χ3n) is 3.72. The van der Waals surface area contributed by atoms with Gasteiger partial charge in [-0.05, 0) is 54.8 Å². The van der Waals surface area contributed by atoms with Gasteiger partial charge in [0.25, 0.3) is 0 Å². The molecule has 21 heavy (non-hydrogen) atoms. The fourth-order valence-corrected chi connectivity index (χ4v) is 3.08. The molecule has 0 saturated carbocycles. The maximum Gasteiger partial charge on any atom is 0.103 e. The number of hydrogen-bond donors (Lipinski definition) is 1. The minimum atomic E-state index is 0.437. The molecule has 0 radical (unpaired) electrons. The molecule has 0 saturated heterocycles. The summed E-state index contributed by atoms with van der Waals surface area (Å²) in [5.41, 5.74) is 2.37. The van der Waals surface area contributed by atoms with E-state index in [0.29, 0.717) is 6.04 Å². The zero-order chi connectivity index (χ0) is 15.2. The minimum Gasteiger partial charge on any atom is -0.469 e. The normalized spacial score (nSPS) is 12.8. The Morgan fingerprint density at radius 1 is 1.43 bits per heavy atom. The van der Waals surface area contributed by atoms with E-state index in [1.807, 2.05) is 12.1 Å². The highest BCUT2D eigenvalue weighted by Gasteiger charge is 2.14. The lowest BCUT2D eigenvalue weighted by Gasteiger charge is -2.14. The molecule has 2 heterocycles. The molecule has 2 aromatic heterocycles. The summed E-state index contributed by atoms with van der Waals surface area (Å²) in [6.07, 6.45) is 4.72. The van der Waals surface area contributed by atoms with Gasteiger partial charge in [-0.2, -0.15) is 5.10 Å². The van der Waals surface area contributed by atoms with Gasteiger partial charge in [-0.1, -0.05) is 6.92 Å². The van der Waals surface area contributed by atoms with Crippen molar-refractivity contribution >= 4 is 15.9 Å². The smallest absolute Gasteiger partial charge is 0.103 e. The van der Waals surface area contributed by atoms with E-state index in [1.165, 1.54) is 5.69 Å². The Balaban J connectivity index is 1.88. The molecule has 0 amide bonds. The second-order valence-corrected chi connectivity index (χ2v) is 6.07. The van der Waals surface area contributed by atoms with Gasteiger partial charge in [-0.3, -0.25) is 4.68 Å². The lowest BCUT2D eigenvalue weighted by atomic mass is 10.1. The SMILES string of the molecule is CCc1nn(CC)c(CNC(C)CCc2ccco2)c1Br. The summed E-state index contributed by atoms with van der Waals surface area (Å²) in [7, 11) is 0. The van der Waals surface area contributed by atoms with Crippen LogP contribution in [0.1, 0.15) is 44.3 Å². The standard InChI is InChI=1S/C16H24BrN3O/c1-4-14-16(17)15(20(5-2)19-14)11-18-12(3)8-9-13-7-6-10-21-13/h6-7,10,12,18H,4-5,8-9,11H2,1-3H3. The fourth-order valence-electron chi connectivity index (χ4n) is 2.37. The molecular formula is C16H24BrN3O. The molecule has 1 atom stereocenters. The van der Waals surface area contributed by atoms with Gasteiger partial charge in [-0.15, -0.1) is 0 Å². The number of hydrogen-bond acceptors (Lipinski definition) is 3. The Labute approximate surface area is 135 Å². The van der Waals surface area contributed by atoms with Gasteiger partial charge in [-0.25, -0.2) is 0 Å². The predicted molar refractivity (Wildman–Crippen MR) is 88.3 cm³/mol. The van der Waals surface area contributed by atoms with E-state index < -0.39 is 0 Å². The van der Waals surface area contributed by atoms with Gasteiger partial charge in [0.05, 0.1) is 22.1 Å². The molecule has 1 unspecified atom stereocenters. The molecule has 0 fully saturated rings. The van der Waals surface area contributed by atoms with Crippen LogP contribution in [0.25, 0.3) is 0 Å². The largest absolute Gasteiger partial charge is 0.469 e. The Kier molecular flexibility index (Phi) is 6.06. The van der Waals surface area contributed by atoms with Crippen molar-refractivity contribution in [3.8, 4) is 0 Å². The van der Waals surface area contributed by atoms with Crippen LogP contribution in [0, 0.1) is 0 Å². The molecule has 0 aliphatic rings. The summed E-state index contributed by atoms with van der Waals surface area (Å²) in [6.45, 7) is 8.21. The van der Waals surface area contributed by atoms with Crippen LogP contribution in [0.2, 0.25) is 0 Å². The van der Waals surface area contributed by atoms with Crippen LogP contribution >= 0.6 is 15.9 Å². The first-order valence-corrected chi connectivity index (χ1v) is 8.44. The van der Waals surface area contributed by atoms with Crippen LogP contribution in [0.3, 0.4) is 0 Å². The average molecular weight is 354 g/mol. The Morgan fingerprint density at radius 3 is 2.86 bits per heavy atom. The third kappa shape index (κ3) is 4.20. The van der Waals surface area contributed by atoms with Gasteiger partial charge >= 0.3 is 0 Å². The molecule has 0 aromatic carbocycles. The maximum absolute atomic E-state index is 5.37. The van der Waals surface area contributed by atoms with Gasteiger partial charge in [0.2, 0.25) is 0 Å². The van der Waals surface area contributed by atoms with Gasteiger partial charge in [0, 0.05) is 25.6 Å². The van der Waals surface area contributed by atoms with Gasteiger partial charge in [0.1, 0.15) is 5.76 Å².